The minimum Gasteiger partial charge on any atom is -0.489 e. The van der Waals surface area contributed by atoms with Gasteiger partial charge in [0.1, 0.15) is 12.4 Å². The van der Waals surface area contributed by atoms with Gasteiger partial charge >= 0.3 is 0 Å². The Morgan fingerprint density at radius 2 is 1.61 bits per heavy atom. The summed E-state index contributed by atoms with van der Waals surface area (Å²) >= 11 is 0. The smallest absolute Gasteiger partial charge is 0.221 e. The molecular weight excluding hydrogens is 384 g/mol. The van der Waals surface area contributed by atoms with Crippen LogP contribution in [0.15, 0.2) is 91.1 Å². The number of nitrogens with zero attached hydrogens (tertiary/aromatic N) is 3. The van der Waals surface area contributed by atoms with Gasteiger partial charge < -0.3 is 15.0 Å². The molecule has 5 rings (SSSR count). The van der Waals surface area contributed by atoms with Crippen LogP contribution in [0.4, 0.5) is 5.95 Å². The van der Waals surface area contributed by atoms with E-state index in [9.17, 15) is 0 Å². The van der Waals surface area contributed by atoms with Crippen LogP contribution in [-0.4, -0.2) is 14.5 Å². The van der Waals surface area contributed by atoms with Crippen molar-refractivity contribution >= 4 is 16.9 Å². The molecule has 5 aromatic rings. The summed E-state index contributed by atoms with van der Waals surface area (Å²) in [6.45, 7) is 0.511. The van der Waals surface area contributed by atoms with E-state index in [-0.39, 0.29) is 5.95 Å². The molecule has 2 N–H and O–H groups in total. The maximum absolute atomic E-state index is 6.10. The molecule has 31 heavy (non-hydrogen) atoms. The number of nitrogen functional groups attached to an aromatic ring is 1. The molecule has 0 aliphatic heterocycles. The monoisotopic (exact) mass is 406 g/mol. The Balaban J connectivity index is 1.49. The Morgan fingerprint density at radius 3 is 2.48 bits per heavy atom. The van der Waals surface area contributed by atoms with Gasteiger partial charge in [-0.3, -0.25) is 0 Å². The van der Waals surface area contributed by atoms with E-state index in [0.29, 0.717) is 6.61 Å². The molecule has 5 nitrogen and oxygen atoms in total. The van der Waals surface area contributed by atoms with Gasteiger partial charge in [0.2, 0.25) is 5.95 Å². The second-order valence-electron chi connectivity index (χ2n) is 7.47. The number of ether oxygens (including phenoxy) is 1. The van der Waals surface area contributed by atoms with Crippen LogP contribution in [-0.2, 0) is 13.7 Å². The molecule has 0 bridgehead atoms. The molecular formula is C26H22N4O. The fourth-order valence-corrected chi connectivity index (χ4v) is 3.78. The van der Waals surface area contributed by atoms with Gasteiger partial charge in [-0.2, -0.15) is 0 Å². The first kappa shape index (κ1) is 18.9. The number of aryl methyl sites for hydroxylation is 1. The van der Waals surface area contributed by atoms with Crippen LogP contribution in [0.2, 0.25) is 0 Å². The summed E-state index contributed by atoms with van der Waals surface area (Å²) < 4.78 is 8.08. The van der Waals surface area contributed by atoms with Crippen molar-refractivity contribution in [2.75, 3.05) is 5.73 Å². The number of rotatable bonds is 5. The van der Waals surface area contributed by atoms with Gasteiger partial charge in [-0.1, -0.05) is 60.7 Å². The molecule has 0 saturated heterocycles. The molecule has 0 saturated carbocycles. The zero-order valence-corrected chi connectivity index (χ0v) is 17.2. The van der Waals surface area contributed by atoms with E-state index < -0.39 is 0 Å². The molecule has 5 heteroatoms. The highest BCUT2D eigenvalue weighted by molar-refractivity contribution is 5.95. The third-order valence-corrected chi connectivity index (χ3v) is 5.29. The number of nitrogens with two attached hydrogens (primary N) is 1. The third kappa shape index (κ3) is 3.85. The van der Waals surface area contributed by atoms with Gasteiger partial charge in [0.05, 0.1) is 11.4 Å². The topological polar surface area (TPSA) is 66.0 Å². The van der Waals surface area contributed by atoms with Gasteiger partial charge in [-0.05, 0) is 29.8 Å². The van der Waals surface area contributed by atoms with E-state index in [2.05, 4.69) is 32.9 Å². The molecule has 0 atom stereocenters. The normalized spacial score (nSPS) is 11.0. The van der Waals surface area contributed by atoms with Crippen LogP contribution >= 0.6 is 0 Å². The van der Waals surface area contributed by atoms with E-state index in [1.54, 1.807) is 0 Å². The summed E-state index contributed by atoms with van der Waals surface area (Å²) in [4.78, 5) is 8.99. The average molecular weight is 406 g/mol. The molecule has 0 radical (unpaired) electrons. The second-order valence-corrected chi connectivity index (χ2v) is 7.47. The van der Waals surface area contributed by atoms with E-state index >= 15 is 0 Å². The van der Waals surface area contributed by atoms with Crippen molar-refractivity contribution in [1.29, 1.82) is 0 Å². The highest BCUT2D eigenvalue weighted by Crippen LogP contribution is 2.32. The molecule has 0 aliphatic rings. The number of para-hydroxylation sites is 1. The highest BCUT2D eigenvalue weighted by atomic mass is 16.5. The maximum atomic E-state index is 6.10. The Kier molecular flexibility index (Phi) is 4.84. The molecule has 2 aromatic heterocycles. The first-order chi connectivity index (χ1) is 15.2. The zero-order chi connectivity index (χ0) is 21.2. The summed E-state index contributed by atoms with van der Waals surface area (Å²) in [6.07, 6.45) is 2.08. The largest absolute Gasteiger partial charge is 0.489 e. The Bertz CT molecular complexity index is 1360. The Labute approximate surface area is 180 Å². The fraction of sp³-hybridized carbons (Fsp3) is 0.0769. The van der Waals surface area contributed by atoms with Crippen molar-refractivity contribution < 1.29 is 4.74 Å². The molecule has 152 valence electrons. The lowest BCUT2D eigenvalue weighted by atomic mass is 10.1. The number of benzene rings is 3. The second kappa shape index (κ2) is 7.95. The molecule has 0 amide bonds. The lowest BCUT2D eigenvalue weighted by Gasteiger charge is -2.09. The SMILES string of the molecule is Cn1cc(-c2cc(-c3cccc(OCc4ccccc4)c3)nc(N)n2)c2ccccc21. The summed E-state index contributed by atoms with van der Waals surface area (Å²) in [6, 6.07) is 28.2. The molecule has 0 aliphatic carbocycles. The molecule has 0 fully saturated rings. The summed E-state index contributed by atoms with van der Waals surface area (Å²) in [5.74, 6) is 1.03. The predicted octanol–water partition coefficient (Wildman–Crippen LogP) is 5.46. The Morgan fingerprint density at radius 1 is 0.839 bits per heavy atom. The maximum Gasteiger partial charge on any atom is 0.221 e. The minimum atomic E-state index is 0.246. The minimum absolute atomic E-state index is 0.246. The Hall–Kier alpha value is -4.12. The number of hydrogen-bond donors (Lipinski definition) is 1. The molecule has 3 aromatic carbocycles. The van der Waals surface area contributed by atoms with Gasteiger partial charge in [-0.15, -0.1) is 0 Å². The third-order valence-electron chi connectivity index (χ3n) is 5.29. The van der Waals surface area contributed by atoms with Gasteiger partial charge in [-0.25, -0.2) is 9.97 Å². The van der Waals surface area contributed by atoms with E-state index in [4.69, 9.17) is 10.5 Å². The van der Waals surface area contributed by atoms with Crippen molar-refractivity contribution in [3.8, 4) is 28.3 Å². The van der Waals surface area contributed by atoms with Crippen LogP contribution in [0.25, 0.3) is 33.4 Å². The summed E-state index contributed by atoms with van der Waals surface area (Å²) in [7, 11) is 2.03. The number of anilines is 1. The van der Waals surface area contributed by atoms with Crippen molar-refractivity contribution in [1.82, 2.24) is 14.5 Å². The molecule has 0 unspecified atom stereocenters. The highest BCUT2D eigenvalue weighted by Gasteiger charge is 2.13. The molecule has 0 spiro atoms. The van der Waals surface area contributed by atoms with Crippen LogP contribution in [0.3, 0.4) is 0 Å². The summed E-state index contributed by atoms with van der Waals surface area (Å²) in [5.41, 5.74) is 11.9. The number of aromatic nitrogens is 3. The average Bonchev–Trinajstić information content (AvgIpc) is 3.15. The van der Waals surface area contributed by atoms with Gasteiger partial charge in [0.15, 0.2) is 0 Å². The summed E-state index contributed by atoms with van der Waals surface area (Å²) in [5, 5.41) is 1.13. The van der Waals surface area contributed by atoms with E-state index in [1.807, 2.05) is 79.8 Å². The van der Waals surface area contributed by atoms with Crippen LogP contribution in [0.5, 0.6) is 5.75 Å². The van der Waals surface area contributed by atoms with Gasteiger partial charge in [0, 0.05) is 35.3 Å². The van der Waals surface area contributed by atoms with Crippen molar-refractivity contribution in [3.05, 3.63) is 96.7 Å². The van der Waals surface area contributed by atoms with Crippen molar-refractivity contribution in [3.63, 3.8) is 0 Å². The first-order valence-electron chi connectivity index (χ1n) is 10.1. The van der Waals surface area contributed by atoms with Crippen LogP contribution in [0.1, 0.15) is 5.56 Å². The fourth-order valence-electron chi connectivity index (χ4n) is 3.78. The standard InChI is InChI=1S/C26H22N4O/c1-30-16-22(21-12-5-6-13-25(21)30)24-15-23(28-26(27)29-24)19-10-7-11-20(14-19)31-17-18-8-3-2-4-9-18/h2-16H,17H2,1H3,(H2,27,28,29). The zero-order valence-electron chi connectivity index (χ0n) is 17.2. The lowest BCUT2D eigenvalue weighted by molar-refractivity contribution is 0.306. The quantitative estimate of drug-likeness (QED) is 0.421. The number of fused-ring (bicyclic) bond motifs is 1. The molecule has 2 heterocycles. The lowest BCUT2D eigenvalue weighted by Crippen LogP contribution is -1.99. The van der Waals surface area contributed by atoms with E-state index in [1.165, 1.54) is 0 Å². The predicted molar refractivity (Wildman–Crippen MR) is 125 cm³/mol. The van der Waals surface area contributed by atoms with Crippen molar-refractivity contribution in [2.45, 2.75) is 6.61 Å². The van der Waals surface area contributed by atoms with Crippen LogP contribution in [0, 0.1) is 0 Å². The van der Waals surface area contributed by atoms with Crippen LogP contribution < -0.4 is 10.5 Å². The van der Waals surface area contributed by atoms with Crippen molar-refractivity contribution in [2.24, 2.45) is 7.05 Å². The van der Waals surface area contributed by atoms with Gasteiger partial charge in [0.25, 0.3) is 0 Å². The number of hydrogen-bond acceptors (Lipinski definition) is 4. The van der Waals surface area contributed by atoms with E-state index in [0.717, 1.165) is 44.7 Å². The first-order valence-corrected chi connectivity index (χ1v) is 10.1.